The molecule has 0 bridgehead atoms. The Hall–Kier alpha value is -0.630. The second-order valence-electron chi connectivity index (χ2n) is 12.1. The van der Waals surface area contributed by atoms with Crippen LogP contribution >= 0.6 is 0 Å². The van der Waals surface area contributed by atoms with Gasteiger partial charge in [0.2, 0.25) is 10.0 Å². The van der Waals surface area contributed by atoms with Gasteiger partial charge in [-0.05, 0) is 19.3 Å². The lowest BCUT2D eigenvalue weighted by molar-refractivity contribution is -0.302. The van der Waals surface area contributed by atoms with Gasteiger partial charge in [0, 0.05) is 0 Å². The number of nitrogens with one attached hydrogen (secondary N) is 1. The minimum atomic E-state index is -3.73. The summed E-state index contributed by atoms with van der Waals surface area (Å²) in [5.41, 5.74) is 0. The summed E-state index contributed by atoms with van der Waals surface area (Å²) in [5.74, 6) is -0.0785. The molecule has 1 saturated heterocycles. The van der Waals surface area contributed by atoms with Gasteiger partial charge < -0.3 is 35.0 Å². The van der Waals surface area contributed by atoms with Crippen molar-refractivity contribution in [1.82, 2.24) is 4.72 Å². The highest BCUT2D eigenvalue weighted by Crippen LogP contribution is 2.22. The summed E-state index contributed by atoms with van der Waals surface area (Å²) in [6, 6.07) is -1.06. The summed E-state index contributed by atoms with van der Waals surface area (Å²) < 4.78 is 39.2. The van der Waals surface area contributed by atoms with Gasteiger partial charge in [0.1, 0.15) is 24.4 Å². The maximum Gasteiger partial charge on any atom is 0.212 e. The first-order valence-corrected chi connectivity index (χ1v) is 18.6. The first-order chi connectivity index (χ1) is 20.7. The fourth-order valence-electron chi connectivity index (χ4n) is 5.26. The maximum absolute atomic E-state index is 12.8. The number of aliphatic hydroxyl groups is 5. The van der Waals surface area contributed by atoms with Crippen LogP contribution in [0, 0.1) is 0 Å². The molecule has 0 amide bonds. The first-order valence-electron chi connectivity index (χ1n) is 16.9. The molecule has 1 aliphatic rings. The number of hydrogen-bond donors (Lipinski definition) is 6. The molecule has 7 atom stereocenters. The minimum Gasteiger partial charge on any atom is -0.394 e. The van der Waals surface area contributed by atoms with E-state index in [0.717, 1.165) is 51.4 Å². The van der Waals surface area contributed by atoms with Crippen molar-refractivity contribution >= 4 is 10.0 Å². The van der Waals surface area contributed by atoms with Gasteiger partial charge in [0.25, 0.3) is 0 Å². The molecule has 0 radical (unpaired) electrons. The van der Waals surface area contributed by atoms with Gasteiger partial charge in [-0.25, -0.2) is 13.1 Å². The molecular formula is C32H63NO9S. The summed E-state index contributed by atoms with van der Waals surface area (Å²) in [6.45, 7) is 3.39. The fourth-order valence-corrected chi connectivity index (χ4v) is 6.63. The molecule has 43 heavy (non-hydrogen) atoms. The molecule has 0 saturated carbocycles. The first kappa shape index (κ1) is 40.4. The smallest absolute Gasteiger partial charge is 0.212 e. The number of hydrogen-bond acceptors (Lipinski definition) is 9. The van der Waals surface area contributed by atoms with Gasteiger partial charge in [0.05, 0.1) is 31.1 Å². The lowest BCUT2D eigenvalue weighted by Gasteiger charge is -2.40. The molecule has 6 N–H and O–H groups in total. The summed E-state index contributed by atoms with van der Waals surface area (Å²) in [4.78, 5) is 0. The largest absolute Gasteiger partial charge is 0.394 e. The number of ether oxygens (including phenoxy) is 2. The van der Waals surface area contributed by atoms with Crippen molar-refractivity contribution in [2.75, 3.05) is 19.0 Å². The highest BCUT2D eigenvalue weighted by atomic mass is 32.2. The molecule has 256 valence electrons. The zero-order chi connectivity index (χ0) is 31.9. The average molecular weight is 638 g/mol. The van der Waals surface area contributed by atoms with Gasteiger partial charge >= 0.3 is 0 Å². The van der Waals surface area contributed by atoms with E-state index in [0.29, 0.717) is 6.42 Å². The van der Waals surface area contributed by atoms with Crippen molar-refractivity contribution in [2.24, 2.45) is 0 Å². The molecule has 0 aliphatic carbocycles. The van der Waals surface area contributed by atoms with Crippen LogP contribution in [-0.4, -0.2) is 95.8 Å². The van der Waals surface area contributed by atoms with E-state index in [1.165, 1.54) is 57.8 Å². The van der Waals surface area contributed by atoms with E-state index < -0.39 is 59.5 Å². The quantitative estimate of drug-likeness (QED) is 0.0575. The monoisotopic (exact) mass is 637 g/mol. The molecule has 1 rings (SSSR count). The predicted molar refractivity (Wildman–Crippen MR) is 170 cm³/mol. The molecule has 11 heteroatoms. The van der Waals surface area contributed by atoms with Gasteiger partial charge in [-0.2, -0.15) is 0 Å². The number of allylic oxidation sites excluding steroid dienone is 1. The Morgan fingerprint density at radius 2 is 1.28 bits per heavy atom. The van der Waals surface area contributed by atoms with E-state index in [-0.39, 0.29) is 12.4 Å². The summed E-state index contributed by atoms with van der Waals surface area (Å²) in [5, 5.41) is 50.6. The summed E-state index contributed by atoms with van der Waals surface area (Å²) >= 11 is 0. The normalized spacial score (nSPS) is 24.5. The average Bonchev–Trinajstić information content (AvgIpc) is 2.98. The van der Waals surface area contributed by atoms with Crippen LogP contribution in [0.3, 0.4) is 0 Å². The van der Waals surface area contributed by atoms with Gasteiger partial charge in [-0.3, -0.25) is 0 Å². The van der Waals surface area contributed by atoms with E-state index >= 15 is 0 Å². The van der Waals surface area contributed by atoms with Gasteiger partial charge in [0.15, 0.2) is 6.29 Å². The van der Waals surface area contributed by atoms with Crippen LogP contribution in [0.4, 0.5) is 0 Å². The minimum absolute atomic E-state index is 0.0785. The molecule has 0 aromatic rings. The lowest BCUT2D eigenvalue weighted by Crippen LogP contribution is -2.60. The number of sulfonamides is 1. The van der Waals surface area contributed by atoms with E-state index in [2.05, 4.69) is 18.6 Å². The third-order valence-corrected chi connectivity index (χ3v) is 9.59. The van der Waals surface area contributed by atoms with Crippen molar-refractivity contribution < 1.29 is 43.4 Å². The van der Waals surface area contributed by atoms with Crippen molar-refractivity contribution in [3.05, 3.63) is 12.2 Å². The second kappa shape index (κ2) is 24.6. The molecule has 0 aromatic heterocycles. The van der Waals surface area contributed by atoms with Crippen molar-refractivity contribution in [1.29, 1.82) is 0 Å². The number of unbranched alkanes of at least 4 members (excludes halogenated alkanes) is 16. The molecule has 1 aliphatic heterocycles. The SMILES string of the molecule is CCCCCCCCCCCCC/C=C\C(O)C(CO[C@@H]1OC(CO)[C@@H](O)C(O)C1O)NS(=O)(=O)CCCCCCCC. The highest BCUT2D eigenvalue weighted by Gasteiger charge is 2.44. The summed E-state index contributed by atoms with van der Waals surface area (Å²) in [7, 11) is -3.73. The summed E-state index contributed by atoms with van der Waals surface area (Å²) in [6.07, 6.45) is 14.9. The fraction of sp³-hybridized carbons (Fsp3) is 0.938. The standard InChI is InChI=1S/C32H63NO9S/c1-3-5-7-9-11-12-13-14-15-16-17-18-20-22-27(35)26(33-43(39,40)23-21-19-10-8-6-4-2)25-41-32-31(38)30(37)29(36)28(24-34)42-32/h20,22,26-38H,3-19,21,23-25H2,1-2H3/b22-20-/t26?,27?,28?,29-,30?,31?,32-/m1/s1. The maximum atomic E-state index is 12.8. The Bertz CT molecular complexity index is 796. The van der Waals surface area contributed by atoms with Crippen LogP contribution in [0.25, 0.3) is 0 Å². The van der Waals surface area contributed by atoms with Crippen LogP contribution < -0.4 is 4.72 Å². The molecule has 1 fully saturated rings. The number of aliphatic hydroxyl groups excluding tert-OH is 5. The van der Waals surface area contributed by atoms with Gasteiger partial charge in [-0.15, -0.1) is 0 Å². The van der Waals surface area contributed by atoms with Crippen molar-refractivity contribution in [2.45, 2.75) is 172 Å². The zero-order valence-corrected chi connectivity index (χ0v) is 27.6. The predicted octanol–water partition coefficient (Wildman–Crippen LogP) is 4.07. The zero-order valence-electron chi connectivity index (χ0n) is 26.8. The van der Waals surface area contributed by atoms with Crippen LogP contribution in [0.1, 0.15) is 129 Å². The molecule has 10 nitrogen and oxygen atoms in total. The van der Waals surface area contributed by atoms with Crippen molar-refractivity contribution in [3.63, 3.8) is 0 Å². The Labute approximate surface area is 261 Å². The molecular weight excluding hydrogens is 574 g/mol. The van der Waals surface area contributed by atoms with Crippen LogP contribution in [0.5, 0.6) is 0 Å². The molecule has 0 spiro atoms. The Morgan fingerprint density at radius 3 is 1.81 bits per heavy atom. The third-order valence-electron chi connectivity index (χ3n) is 8.11. The van der Waals surface area contributed by atoms with E-state index in [1.807, 2.05) is 6.08 Å². The lowest BCUT2D eigenvalue weighted by atomic mass is 9.99. The van der Waals surface area contributed by atoms with Crippen LogP contribution in [0.15, 0.2) is 12.2 Å². The third kappa shape index (κ3) is 18.2. The topological polar surface area (TPSA) is 166 Å². The van der Waals surface area contributed by atoms with Crippen molar-refractivity contribution in [3.8, 4) is 0 Å². The Morgan fingerprint density at radius 1 is 0.767 bits per heavy atom. The Kier molecular flexibility index (Phi) is 23.1. The Balaban J connectivity index is 2.59. The molecule has 1 heterocycles. The second-order valence-corrected chi connectivity index (χ2v) is 14.0. The highest BCUT2D eigenvalue weighted by molar-refractivity contribution is 7.89. The van der Waals surface area contributed by atoms with E-state index in [9.17, 15) is 34.0 Å². The number of rotatable bonds is 27. The van der Waals surface area contributed by atoms with E-state index in [1.54, 1.807) is 6.08 Å². The van der Waals surface area contributed by atoms with Crippen LogP contribution in [-0.2, 0) is 19.5 Å². The van der Waals surface area contributed by atoms with Crippen LogP contribution in [0.2, 0.25) is 0 Å². The van der Waals surface area contributed by atoms with E-state index in [4.69, 9.17) is 9.47 Å². The van der Waals surface area contributed by atoms with Gasteiger partial charge in [-0.1, -0.05) is 122 Å². The molecule has 0 aromatic carbocycles. The molecule has 5 unspecified atom stereocenters.